The lowest BCUT2D eigenvalue weighted by atomic mass is 9.44. The van der Waals surface area contributed by atoms with E-state index in [0.29, 0.717) is 28.5 Å². The quantitative estimate of drug-likeness (QED) is 0.222. The van der Waals surface area contributed by atoms with Gasteiger partial charge < -0.3 is 15.7 Å². The van der Waals surface area contributed by atoms with E-state index in [9.17, 15) is 5.11 Å². The molecule has 3 nitrogen and oxygen atoms in total. The number of aromatic hydroxyl groups is 1. The van der Waals surface area contributed by atoms with Crippen molar-refractivity contribution in [3.8, 4) is 5.75 Å². The van der Waals surface area contributed by atoms with Crippen molar-refractivity contribution in [2.45, 2.75) is 97.1 Å². The van der Waals surface area contributed by atoms with E-state index in [-0.39, 0.29) is 0 Å². The van der Waals surface area contributed by atoms with Crippen LogP contribution in [0.4, 0.5) is 0 Å². The van der Waals surface area contributed by atoms with Crippen LogP contribution in [0, 0.1) is 46.3 Å². The van der Waals surface area contributed by atoms with Gasteiger partial charge >= 0.3 is 0 Å². The standard InChI is InChI=1S/C41H58N2OS2/c1-28-7-6-11-41(20-28)27-40(12-10-30(21-40)23-42-3)22-38-36-15-32-13-31(17-37(44)18-32)14-34-8-4-5-9-35(34)24-43-29(2)25-45-46-26-33(16-36)19-39(38)41/h4-6,8-9,11,13,17-18,28-30,33,36,38-39,42-44H,7,10,12,14-16,19-27H2,1-3H3/t28-,29-,30-,33-,36+,38+,39+,40-,41+/m1/s1. The Bertz CT molecular complexity index is 1380. The van der Waals surface area contributed by atoms with Crippen molar-refractivity contribution in [2.24, 2.45) is 46.3 Å². The van der Waals surface area contributed by atoms with Crippen molar-refractivity contribution in [3.05, 3.63) is 76.9 Å². The van der Waals surface area contributed by atoms with Gasteiger partial charge in [0.2, 0.25) is 0 Å². The lowest BCUT2D eigenvalue weighted by molar-refractivity contribution is -0.0820. The minimum absolute atomic E-state index is 0.370. The highest BCUT2D eigenvalue weighted by Gasteiger charge is 2.58. The van der Waals surface area contributed by atoms with Gasteiger partial charge in [0, 0.05) is 24.1 Å². The molecule has 0 unspecified atom stereocenters. The first-order valence-electron chi connectivity index (χ1n) is 18.5. The number of hydrogen-bond acceptors (Lipinski definition) is 5. The summed E-state index contributed by atoms with van der Waals surface area (Å²) in [6.45, 7) is 6.94. The topological polar surface area (TPSA) is 44.3 Å². The first-order chi connectivity index (χ1) is 22.3. The van der Waals surface area contributed by atoms with Crippen molar-refractivity contribution < 1.29 is 5.11 Å². The predicted octanol–water partition coefficient (Wildman–Crippen LogP) is 9.43. The molecule has 250 valence electrons. The zero-order valence-electron chi connectivity index (χ0n) is 28.6. The highest BCUT2D eigenvalue weighted by atomic mass is 33.1. The Balaban J connectivity index is 1.24. The summed E-state index contributed by atoms with van der Waals surface area (Å²) in [4.78, 5) is 0. The Kier molecular flexibility index (Phi) is 10.2. The number of phenols is 1. The molecule has 1 aliphatic heterocycles. The number of nitrogens with one attached hydrogen (secondary N) is 2. The van der Waals surface area contributed by atoms with E-state index in [1.54, 1.807) is 0 Å². The predicted molar refractivity (Wildman–Crippen MR) is 198 cm³/mol. The number of phenolic OH excluding ortho intramolecular Hbond substituents is 1. The van der Waals surface area contributed by atoms with Gasteiger partial charge in [-0.05, 0) is 172 Å². The zero-order valence-corrected chi connectivity index (χ0v) is 30.2. The van der Waals surface area contributed by atoms with Gasteiger partial charge in [0.1, 0.15) is 5.75 Å². The minimum atomic E-state index is 0.370. The van der Waals surface area contributed by atoms with Crippen LogP contribution in [0.5, 0.6) is 5.75 Å². The zero-order chi connectivity index (χ0) is 31.7. The van der Waals surface area contributed by atoms with Crippen molar-refractivity contribution in [1.82, 2.24) is 10.6 Å². The van der Waals surface area contributed by atoms with E-state index in [1.165, 1.54) is 92.3 Å². The summed E-state index contributed by atoms with van der Waals surface area (Å²) in [5.74, 6) is 7.53. The average molecular weight is 659 g/mol. The van der Waals surface area contributed by atoms with E-state index in [2.05, 4.69) is 102 Å². The van der Waals surface area contributed by atoms with Crippen LogP contribution in [0.1, 0.15) is 93.9 Å². The van der Waals surface area contributed by atoms with Crippen molar-refractivity contribution in [2.75, 3.05) is 25.1 Å². The summed E-state index contributed by atoms with van der Waals surface area (Å²) in [5.41, 5.74) is 6.23. The molecule has 1 heterocycles. The summed E-state index contributed by atoms with van der Waals surface area (Å²) in [6.07, 6.45) is 19.9. The van der Waals surface area contributed by atoms with Crippen molar-refractivity contribution >= 4 is 21.6 Å². The summed E-state index contributed by atoms with van der Waals surface area (Å²) in [5, 5.41) is 18.4. The van der Waals surface area contributed by atoms with Gasteiger partial charge in [-0.1, -0.05) is 71.0 Å². The maximum absolute atomic E-state index is 11.1. The smallest absolute Gasteiger partial charge is 0.116 e. The van der Waals surface area contributed by atoms with Gasteiger partial charge in [-0.2, -0.15) is 0 Å². The SMILES string of the molecule is CNC[C@@H]1CC[C@@]2(C1)C[C@H]1[C@H]3Cc4cc(O)cc(c4)Cc4ccccc4CN[C@H](C)CSSC[C@H](C3)C[C@@H]1[C@]1(C=CC[C@@H](C)C1)C2. The van der Waals surface area contributed by atoms with Crippen molar-refractivity contribution in [3.63, 3.8) is 0 Å². The lowest BCUT2D eigenvalue weighted by Crippen LogP contribution is -2.52. The Labute approximate surface area is 287 Å². The summed E-state index contributed by atoms with van der Waals surface area (Å²) < 4.78 is 0. The molecule has 46 heavy (non-hydrogen) atoms. The van der Waals surface area contributed by atoms with Crippen LogP contribution in [-0.4, -0.2) is 36.2 Å². The van der Waals surface area contributed by atoms with Crippen LogP contribution in [0.15, 0.2) is 54.6 Å². The Morgan fingerprint density at radius 3 is 2.65 bits per heavy atom. The second kappa shape index (κ2) is 14.2. The number of fused-ring (bicyclic) bond motifs is 8. The fourth-order valence-corrected chi connectivity index (χ4v) is 14.0. The molecule has 2 aromatic carbocycles. The molecular weight excluding hydrogens is 601 g/mol. The van der Waals surface area contributed by atoms with E-state index < -0.39 is 0 Å². The highest BCUT2D eigenvalue weighted by Crippen LogP contribution is 2.67. The lowest BCUT2D eigenvalue weighted by Gasteiger charge is -2.60. The molecule has 5 heteroatoms. The molecule has 4 aliphatic carbocycles. The highest BCUT2D eigenvalue weighted by molar-refractivity contribution is 8.76. The van der Waals surface area contributed by atoms with Crippen LogP contribution in [-0.2, 0) is 19.4 Å². The van der Waals surface area contributed by atoms with Crippen LogP contribution in [0.2, 0.25) is 0 Å². The molecule has 7 rings (SSSR count). The second-order valence-corrected chi connectivity index (χ2v) is 19.2. The van der Waals surface area contributed by atoms with Gasteiger partial charge in [0.25, 0.3) is 0 Å². The Morgan fingerprint density at radius 1 is 0.978 bits per heavy atom. The van der Waals surface area contributed by atoms with Crippen LogP contribution in [0.3, 0.4) is 0 Å². The van der Waals surface area contributed by atoms with E-state index in [1.807, 2.05) is 6.07 Å². The van der Waals surface area contributed by atoms with E-state index in [0.717, 1.165) is 54.7 Å². The van der Waals surface area contributed by atoms with Crippen LogP contribution >= 0.6 is 21.6 Å². The molecule has 0 aromatic heterocycles. The molecule has 3 N–H and O–H groups in total. The summed E-state index contributed by atoms with van der Waals surface area (Å²) in [6, 6.07) is 15.9. The monoisotopic (exact) mass is 658 g/mol. The molecule has 2 spiro atoms. The molecule has 3 saturated carbocycles. The largest absolute Gasteiger partial charge is 0.508 e. The molecule has 2 aromatic rings. The van der Waals surface area contributed by atoms with Crippen LogP contribution < -0.4 is 10.6 Å². The minimum Gasteiger partial charge on any atom is -0.508 e. The third-order valence-electron chi connectivity index (χ3n) is 12.9. The molecule has 0 radical (unpaired) electrons. The maximum atomic E-state index is 11.1. The molecule has 3 fully saturated rings. The summed E-state index contributed by atoms with van der Waals surface area (Å²) in [7, 11) is 6.38. The third kappa shape index (κ3) is 7.28. The first-order valence-corrected chi connectivity index (χ1v) is 21.0. The van der Waals surface area contributed by atoms with Crippen molar-refractivity contribution in [1.29, 1.82) is 0 Å². The van der Waals surface area contributed by atoms with Gasteiger partial charge in [0.05, 0.1) is 0 Å². The van der Waals surface area contributed by atoms with Gasteiger partial charge in [0.15, 0.2) is 0 Å². The average Bonchev–Trinajstić information content (AvgIpc) is 3.40. The summed E-state index contributed by atoms with van der Waals surface area (Å²) >= 11 is 0. The Morgan fingerprint density at radius 2 is 1.80 bits per heavy atom. The third-order valence-corrected chi connectivity index (χ3v) is 15.6. The van der Waals surface area contributed by atoms with Gasteiger partial charge in [-0.15, -0.1) is 0 Å². The fourth-order valence-electron chi connectivity index (χ4n) is 11.2. The number of hydrogen-bond donors (Lipinski definition) is 3. The second-order valence-electron chi connectivity index (χ2n) is 16.6. The van der Waals surface area contributed by atoms with E-state index in [4.69, 9.17) is 0 Å². The van der Waals surface area contributed by atoms with Gasteiger partial charge in [-0.3, -0.25) is 0 Å². The molecule has 4 bridgehead atoms. The van der Waals surface area contributed by atoms with E-state index >= 15 is 0 Å². The Hall–Kier alpha value is -1.40. The molecule has 0 amide bonds. The maximum Gasteiger partial charge on any atom is 0.116 e. The van der Waals surface area contributed by atoms with Crippen LogP contribution in [0.25, 0.3) is 0 Å². The first kappa shape index (κ1) is 33.1. The normalized spacial score (nSPS) is 38.3. The number of rotatable bonds is 2. The molecule has 5 aliphatic rings. The number of allylic oxidation sites excluding steroid dienone is 2. The van der Waals surface area contributed by atoms with Gasteiger partial charge in [-0.25, -0.2) is 0 Å². The molecule has 0 saturated heterocycles. The molecular formula is C41H58N2OS2. The fraction of sp³-hybridized carbons (Fsp3) is 0.659. The number of benzene rings is 2. The molecule has 9 atom stereocenters.